The van der Waals surface area contributed by atoms with Crippen LogP contribution >= 0.6 is 11.6 Å². The zero-order valence-electron chi connectivity index (χ0n) is 20.5. The van der Waals surface area contributed by atoms with E-state index in [0.29, 0.717) is 4.90 Å². The maximum absolute atomic E-state index is 15.8. The number of hydrogen-bond acceptors (Lipinski definition) is 3. The van der Waals surface area contributed by atoms with Gasteiger partial charge < -0.3 is 10.2 Å². The van der Waals surface area contributed by atoms with Crippen LogP contribution in [0.5, 0.6) is 0 Å². The molecule has 0 aliphatic carbocycles. The van der Waals surface area contributed by atoms with Gasteiger partial charge in [0.05, 0.1) is 10.7 Å². The van der Waals surface area contributed by atoms with Crippen LogP contribution in [0.15, 0.2) is 36.5 Å². The molecule has 1 saturated heterocycles. The van der Waals surface area contributed by atoms with Crippen LogP contribution in [0, 0.1) is 12.7 Å². The zero-order valence-corrected chi connectivity index (χ0v) is 15.3. The first kappa shape index (κ1) is 13.2. The molecular weight excluding hydrogens is 372 g/mol. The summed E-state index contributed by atoms with van der Waals surface area (Å²) in [7, 11) is 0. The zero-order chi connectivity index (χ0) is 24.8. The summed E-state index contributed by atoms with van der Waals surface area (Å²) >= 11 is 5.69. The van der Waals surface area contributed by atoms with Crippen LogP contribution in [0.1, 0.15) is 42.6 Å². The van der Waals surface area contributed by atoms with Gasteiger partial charge in [-0.25, -0.2) is 8.78 Å². The number of alkyl halides is 1. The molecule has 144 valence electrons. The van der Waals surface area contributed by atoms with E-state index in [1.165, 1.54) is 12.3 Å². The number of carbonyl (C=O) groups excluding carboxylic acids is 1. The van der Waals surface area contributed by atoms with Gasteiger partial charge in [-0.3, -0.25) is 9.78 Å². The monoisotopic (exact) mass is 399 g/mol. The Bertz CT molecular complexity index is 1060. The predicted molar refractivity (Wildman–Crippen MR) is 101 cm³/mol. The van der Waals surface area contributed by atoms with Gasteiger partial charge in [-0.2, -0.15) is 0 Å². The molecule has 1 N–H and O–H groups in total. The molecule has 1 unspecified atom stereocenters. The molecule has 3 rings (SSSR count). The van der Waals surface area contributed by atoms with Crippen molar-refractivity contribution >= 4 is 17.5 Å². The van der Waals surface area contributed by atoms with E-state index in [1.54, 1.807) is 13.0 Å². The molecule has 1 aliphatic heterocycles. The molecule has 2 heterocycles. The highest BCUT2D eigenvalue weighted by Gasteiger charge is 2.35. The van der Waals surface area contributed by atoms with E-state index in [2.05, 4.69) is 10.3 Å². The number of piperidine rings is 1. The first-order chi connectivity index (χ1) is 15.1. The molecule has 1 amide bonds. The van der Waals surface area contributed by atoms with E-state index < -0.39 is 56.3 Å². The summed E-state index contributed by atoms with van der Waals surface area (Å²) in [5.74, 6) is -1.75. The standard InChI is InChI=1S/C20H22ClF2N3O/c1-14-2-4-16(25-11-14)12-24-13-20(23)6-8-26(9-7-20)19(27)15-3-5-18(22)17(21)10-15/h2-5,10-11,24H,6-9,12-13H2,1H3/i6D2,8D2,12D2. The molecule has 1 atom stereocenters. The van der Waals surface area contributed by atoms with Gasteiger partial charge in [0, 0.05) is 58.9 Å². The smallest absolute Gasteiger partial charge is 0.253 e. The third-order valence-corrected chi connectivity index (χ3v) is 4.34. The molecule has 2 aromatic rings. The first-order valence-electron chi connectivity index (χ1n) is 11.3. The van der Waals surface area contributed by atoms with E-state index >= 15 is 4.39 Å². The maximum Gasteiger partial charge on any atom is 0.253 e. The number of aromatic nitrogens is 1. The van der Waals surface area contributed by atoms with E-state index in [0.717, 1.165) is 23.8 Å². The SMILES string of the molecule is [2H]C([2H])(NCC1(F)CCN(C(=O)c2ccc(F)c(Cl)c2)C([2H])([2H])C1([2H])[2H])c1ccc(C)cn1. The van der Waals surface area contributed by atoms with Crippen molar-refractivity contribution in [1.82, 2.24) is 15.2 Å². The van der Waals surface area contributed by atoms with E-state index in [1.807, 2.05) is 0 Å². The molecule has 0 spiro atoms. The maximum atomic E-state index is 15.8. The highest BCUT2D eigenvalue weighted by molar-refractivity contribution is 6.31. The third kappa shape index (κ3) is 5.02. The average molecular weight is 400 g/mol. The highest BCUT2D eigenvalue weighted by atomic mass is 35.5. The van der Waals surface area contributed by atoms with E-state index in [4.69, 9.17) is 19.8 Å². The molecule has 1 aromatic heterocycles. The quantitative estimate of drug-likeness (QED) is 0.828. The van der Waals surface area contributed by atoms with Crippen LogP contribution in [0.2, 0.25) is 5.02 Å². The number of carbonyl (C=O) groups is 1. The summed E-state index contributed by atoms with van der Waals surface area (Å²) in [6.07, 6.45) is -2.39. The van der Waals surface area contributed by atoms with Crippen LogP contribution in [0.4, 0.5) is 8.78 Å². The molecule has 27 heavy (non-hydrogen) atoms. The lowest BCUT2D eigenvalue weighted by molar-refractivity contribution is 0.0434. The minimum atomic E-state index is -3.22. The Morgan fingerprint density at radius 3 is 3.00 bits per heavy atom. The van der Waals surface area contributed by atoms with E-state index in [9.17, 15) is 9.18 Å². The van der Waals surface area contributed by atoms with Crippen LogP contribution < -0.4 is 5.32 Å². The minimum Gasteiger partial charge on any atom is -0.338 e. The number of amides is 1. The van der Waals surface area contributed by atoms with Crippen molar-refractivity contribution < 1.29 is 21.8 Å². The fourth-order valence-electron chi connectivity index (χ4n) is 2.46. The predicted octanol–water partition coefficient (Wildman–Crippen LogP) is 3.92. The largest absolute Gasteiger partial charge is 0.338 e. The number of pyridine rings is 1. The molecule has 1 aliphatic rings. The van der Waals surface area contributed by atoms with Crippen molar-refractivity contribution in [2.24, 2.45) is 0 Å². The molecule has 0 saturated carbocycles. The summed E-state index contributed by atoms with van der Waals surface area (Å²) in [6, 6.07) is 6.03. The van der Waals surface area contributed by atoms with E-state index in [-0.39, 0.29) is 16.3 Å². The van der Waals surface area contributed by atoms with Gasteiger partial charge in [-0.1, -0.05) is 17.7 Å². The van der Waals surface area contributed by atoms with Crippen molar-refractivity contribution in [3.8, 4) is 0 Å². The van der Waals surface area contributed by atoms with Gasteiger partial charge in [-0.15, -0.1) is 0 Å². The van der Waals surface area contributed by atoms with Crippen LogP contribution in [0.3, 0.4) is 0 Å². The van der Waals surface area contributed by atoms with Crippen molar-refractivity contribution in [3.63, 3.8) is 0 Å². The molecule has 1 fully saturated rings. The number of nitrogens with one attached hydrogen (secondary N) is 1. The van der Waals surface area contributed by atoms with Gasteiger partial charge in [-0.05, 0) is 36.8 Å². The second kappa shape index (κ2) is 8.31. The second-order valence-electron chi connectivity index (χ2n) is 6.24. The summed E-state index contributed by atoms with van der Waals surface area (Å²) in [6.45, 7) is -5.01. The Morgan fingerprint density at radius 1 is 1.48 bits per heavy atom. The van der Waals surface area contributed by atoms with Gasteiger partial charge in [0.2, 0.25) is 0 Å². The normalized spacial score (nSPS) is 27.5. The lowest BCUT2D eigenvalue weighted by Crippen LogP contribution is -2.48. The van der Waals surface area contributed by atoms with Gasteiger partial charge in [0.1, 0.15) is 11.5 Å². The average Bonchev–Trinajstić information content (AvgIpc) is 2.73. The van der Waals surface area contributed by atoms with Crippen LogP contribution in [-0.4, -0.2) is 41.0 Å². The van der Waals surface area contributed by atoms with Gasteiger partial charge >= 0.3 is 0 Å². The Hall–Kier alpha value is -2.05. The Balaban J connectivity index is 1.83. The number of benzene rings is 1. The Kier molecular flexibility index (Phi) is 4.06. The van der Waals surface area contributed by atoms with Crippen LogP contribution in [0.25, 0.3) is 0 Å². The summed E-state index contributed by atoms with van der Waals surface area (Å²) in [5.41, 5.74) is -2.28. The molecule has 0 radical (unpaired) electrons. The number of nitrogens with zero attached hydrogens (tertiary/aromatic N) is 2. The van der Waals surface area contributed by atoms with Crippen molar-refractivity contribution in [2.75, 3.05) is 19.6 Å². The number of hydrogen-bond donors (Lipinski definition) is 1. The molecule has 7 heteroatoms. The van der Waals surface area contributed by atoms with Crippen molar-refractivity contribution in [2.45, 2.75) is 31.9 Å². The lowest BCUT2D eigenvalue weighted by Gasteiger charge is -2.36. The summed E-state index contributed by atoms with van der Waals surface area (Å²) in [5, 5.41) is 1.95. The fraction of sp³-hybridized carbons (Fsp3) is 0.400. The fourth-order valence-corrected chi connectivity index (χ4v) is 2.64. The number of rotatable bonds is 5. The number of halogens is 3. The molecular formula is C20H22ClF2N3O. The summed E-state index contributed by atoms with van der Waals surface area (Å²) < 4.78 is 78.5. The third-order valence-electron chi connectivity index (χ3n) is 4.05. The molecule has 0 bridgehead atoms. The first-order valence-corrected chi connectivity index (χ1v) is 8.64. The summed E-state index contributed by atoms with van der Waals surface area (Å²) in [4.78, 5) is 17.4. The van der Waals surface area contributed by atoms with Gasteiger partial charge in [0.15, 0.2) is 0 Å². The number of aryl methyl sites for hydroxylation is 1. The molecule has 4 nitrogen and oxygen atoms in total. The second-order valence-corrected chi connectivity index (χ2v) is 6.64. The van der Waals surface area contributed by atoms with Crippen molar-refractivity contribution in [1.29, 1.82) is 0 Å². The van der Waals surface area contributed by atoms with Crippen LogP contribution in [-0.2, 0) is 6.50 Å². The van der Waals surface area contributed by atoms with Gasteiger partial charge in [0.25, 0.3) is 5.91 Å². The van der Waals surface area contributed by atoms with Crippen molar-refractivity contribution in [3.05, 3.63) is 64.2 Å². The molecule has 1 aromatic carbocycles. The Labute approximate surface area is 171 Å². The Morgan fingerprint density at radius 2 is 2.30 bits per heavy atom. The highest BCUT2D eigenvalue weighted by Crippen LogP contribution is 2.27. The number of likely N-dealkylation sites (tertiary alicyclic amines) is 1. The lowest BCUT2D eigenvalue weighted by atomic mass is 9.92. The minimum absolute atomic E-state index is 0.0407. The topological polar surface area (TPSA) is 45.2 Å².